The van der Waals surface area contributed by atoms with Gasteiger partial charge >= 0.3 is 5.97 Å². The van der Waals surface area contributed by atoms with Gasteiger partial charge in [-0.3, -0.25) is 9.69 Å². The van der Waals surface area contributed by atoms with Gasteiger partial charge in [0.2, 0.25) is 0 Å². The van der Waals surface area contributed by atoms with Gasteiger partial charge in [0, 0.05) is 15.9 Å². The minimum Gasteiger partial charge on any atom is -0.489 e. The van der Waals surface area contributed by atoms with E-state index in [0.717, 1.165) is 15.6 Å². The van der Waals surface area contributed by atoms with Crippen LogP contribution in [0.4, 0.5) is 5.69 Å². The number of amides is 1. The summed E-state index contributed by atoms with van der Waals surface area (Å²) < 4.78 is 12.1. The van der Waals surface area contributed by atoms with Gasteiger partial charge in [0.05, 0.1) is 17.8 Å². The first-order valence-corrected chi connectivity index (χ1v) is 11.7. The molecular weight excluding hydrogens is 494 g/mol. The predicted octanol–water partition coefficient (Wildman–Crippen LogP) is 6.30. The smallest absolute Gasteiger partial charge is 0.340 e. The molecule has 1 aliphatic heterocycles. The SMILES string of the molecule is CCOC(=O)C1=C(C)N(c2ccc(Br)cc2)C(=O)/C1=C\c1cccc(OCc2ccccc2)c1. The molecule has 6 heteroatoms. The lowest BCUT2D eigenvalue weighted by atomic mass is 10.0. The number of halogens is 1. The zero-order valence-corrected chi connectivity index (χ0v) is 20.5. The van der Waals surface area contributed by atoms with Crippen LogP contribution in [0.3, 0.4) is 0 Å². The van der Waals surface area contributed by atoms with E-state index >= 15 is 0 Å². The lowest BCUT2D eigenvalue weighted by Gasteiger charge is -2.18. The molecule has 1 heterocycles. The second-order valence-corrected chi connectivity index (χ2v) is 8.62. The molecule has 0 atom stereocenters. The van der Waals surface area contributed by atoms with Crippen molar-refractivity contribution in [2.24, 2.45) is 0 Å². The van der Waals surface area contributed by atoms with Crippen LogP contribution >= 0.6 is 15.9 Å². The molecule has 5 nitrogen and oxygen atoms in total. The molecule has 1 aliphatic rings. The van der Waals surface area contributed by atoms with Crippen LogP contribution in [0.15, 0.2) is 100 Å². The van der Waals surface area contributed by atoms with Crippen molar-refractivity contribution in [1.29, 1.82) is 0 Å². The third kappa shape index (κ3) is 5.13. The first-order valence-electron chi connectivity index (χ1n) is 10.9. The van der Waals surface area contributed by atoms with E-state index in [1.165, 1.54) is 0 Å². The Morgan fingerprint density at radius 3 is 2.44 bits per heavy atom. The summed E-state index contributed by atoms with van der Waals surface area (Å²) in [6.07, 6.45) is 1.71. The van der Waals surface area contributed by atoms with Gasteiger partial charge in [0.15, 0.2) is 0 Å². The second-order valence-electron chi connectivity index (χ2n) is 7.70. The van der Waals surface area contributed by atoms with Gasteiger partial charge in [0.25, 0.3) is 5.91 Å². The minimum atomic E-state index is -0.518. The molecule has 0 saturated heterocycles. The first-order chi connectivity index (χ1) is 16.5. The zero-order chi connectivity index (χ0) is 24.1. The van der Waals surface area contributed by atoms with Gasteiger partial charge in [-0.1, -0.05) is 58.4 Å². The van der Waals surface area contributed by atoms with E-state index < -0.39 is 5.97 Å². The lowest BCUT2D eigenvalue weighted by molar-refractivity contribution is -0.138. The molecule has 3 aromatic rings. The number of benzene rings is 3. The van der Waals surface area contributed by atoms with Crippen LogP contribution < -0.4 is 9.64 Å². The Kier molecular flexibility index (Phi) is 7.28. The highest BCUT2D eigenvalue weighted by molar-refractivity contribution is 9.10. The Bertz CT molecular complexity index is 1260. The van der Waals surface area contributed by atoms with Gasteiger partial charge < -0.3 is 9.47 Å². The number of hydrogen-bond donors (Lipinski definition) is 0. The van der Waals surface area contributed by atoms with E-state index in [2.05, 4.69) is 15.9 Å². The van der Waals surface area contributed by atoms with Crippen molar-refractivity contribution >= 4 is 39.6 Å². The molecular formula is C28H24BrNO4. The van der Waals surface area contributed by atoms with Gasteiger partial charge in [-0.25, -0.2) is 4.79 Å². The van der Waals surface area contributed by atoms with Crippen LogP contribution in [0.1, 0.15) is 25.0 Å². The van der Waals surface area contributed by atoms with Crippen LogP contribution in [-0.2, 0) is 20.9 Å². The van der Waals surface area contributed by atoms with E-state index in [9.17, 15) is 9.59 Å². The van der Waals surface area contributed by atoms with Crippen molar-refractivity contribution in [3.8, 4) is 5.75 Å². The maximum atomic E-state index is 13.5. The summed E-state index contributed by atoms with van der Waals surface area (Å²) in [5.41, 5.74) is 3.58. The van der Waals surface area contributed by atoms with Crippen LogP contribution in [0.2, 0.25) is 0 Å². The van der Waals surface area contributed by atoms with Crippen molar-refractivity contribution in [2.45, 2.75) is 20.5 Å². The summed E-state index contributed by atoms with van der Waals surface area (Å²) in [5.74, 6) is -0.124. The topological polar surface area (TPSA) is 55.8 Å². The van der Waals surface area contributed by atoms with Gasteiger partial charge in [-0.2, -0.15) is 0 Å². The third-order valence-electron chi connectivity index (χ3n) is 5.38. The highest BCUT2D eigenvalue weighted by atomic mass is 79.9. The molecule has 0 aliphatic carbocycles. The molecule has 0 N–H and O–H groups in total. The lowest BCUT2D eigenvalue weighted by Crippen LogP contribution is -2.24. The quantitative estimate of drug-likeness (QED) is 0.272. The molecule has 0 spiro atoms. The average molecular weight is 518 g/mol. The number of hydrogen-bond acceptors (Lipinski definition) is 4. The van der Waals surface area contributed by atoms with E-state index in [0.29, 0.717) is 29.3 Å². The summed E-state index contributed by atoms with van der Waals surface area (Å²) in [5, 5.41) is 0. The number of carbonyl (C=O) groups excluding carboxylic acids is 2. The molecule has 0 bridgehead atoms. The number of carbonyl (C=O) groups is 2. The van der Waals surface area contributed by atoms with Gasteiger partial charge in [0.1, 0.15) is 12.4 Å². The fourth-order valence-electron chi connectivity index (χ4n) is 3.78. The van der Waals surface area contributed by atoms with Crippen molar-refractivity contribution in [1.82, 2.24) is 0 Å². The predicted molar refractivity (Wildman–Crippen MR) is 136 cm³/mol. The number of nitrogens with zero attached hydrogens (tertiary/aromatic N) is 1. The van der Waals surface area contributed by atoms with Gasteiger partial charge in [-0.15, -0.1) is 0 Å². The number of rotatable bonds is 7. The molecule has 0 aromatic heterocycles. The summed E-state index contributed by atoms with van der Waals surface area (Å²) in [6.45, 7) is 4.16. The maximum absolute atomic E-state index is 13.5. The highest BCUT2D eigenvalue weighted by Crippen LogP contribution is 2.36. The Balaban J connectivity index is 1.67. The first kappa shape index (κ1) is 23.5. The Morgan fingerprint density at radius 2 is 1.74 bits per heavy atom. The van der Waals surface area contributed by atoms with Gasteiger partial charge in [-0.05, 0) is 67.4 Å². The second kappa shape index (κ2) is 10.5. The summed E-state index contributed by atoms with van der Waals surface area (Å²) in [4.78, 5) is 27.9. The molecule has 172 valence electrons. The number of esters is 1. The van der Waals surface area contributed by atoms with E-state index in [4.69, 9.17) is 9.47 Å². The van der Waals surface area contributed by atoms with Crippen molar-refractivity contribution in [3.05, 3.63) is 111 Å². The fourth-order valence-corrected chi connectivity index (χ4v) is 4.05. The summed E-state index contributed by atoms with van der Waals surface area (Å²) in [6, 6.07) is 24.7. The molecule has 3 aromatic carbocycles. The molecule has 0 unspecified atom stereocenters. The van der Waals surface area contributed by atoms with E-state index in [1.807, 2.05) is 78.9 Å². The highest BCUT2D eigenvalue weighted by Gasteiger charge is 2.38. The molecule has 0 saturated carbocycles. The standard InChI is InChI=1S/C28H24BrNO4/c1-3-33-28(32)26-19(2)30(23-14-12-22(29)13-15-23)27(31)25(26)17-21-10-7-11-24(16-21)34-18-20-8-5-4-6-9-20/h4-17H,3,18H2,1-2H3/b25-17-. The number of allylic oxidation sites excluding steroid dienone is 1. The van der Waals surface area contributed by atoms with Crippen LogP contribution in [0.25, 0.3) is 6.08 Å². The Morgan fingerprint density at radius 1 is 1.00 bits per heavy atom. The Hall–Kier alpha value is -3.64. The van der Waals surface area contributed by atoms with Crippen molar-refractivity contribution < 1.29 is 19.1 Å². The van der Waals surface area contributed by atoms with Crippen LogP contribution in [0, 0.1) is 0 Å². The number of ether oxygens (including phenoxy) is 2. The maximum Gasteiger partial charge on any atom is 0.340 e. The summed E-state index contributed by atoms with van der Waals surface area (Å²) >= 11 is 3.42. The molecule has 0 fully saturated rings. The Labute approximate surface area is 207 Å². The molecule has 0 radical (unpaired) electrons. The molecule has 1 amide bonds. The number of anilines is 1. The van der Waals surface area contributed by atoms with E-state index in [-0.39, 0.29) is 18.1 Å². The summed E-state index contributed by atoms with van der Waals surface area (Å²) in [7, 11) is 0. The molecule has 4 rings (SSSR count). The average Bonchev–Trinajstić information content (AvgIpc) is 3.08. The van der Waals surface area contributed by atoms with Crippen LogP contribution in [-0.4, -0.2) is 18.5 Å². The van der Waals surface area contributed by atoms with Crippen molar-refractivity contribution in [3.63, 3.8) is 0 Å². The third-order valence-corrected chi connectivity index (χ3v) is 5.91. The van der Waals surface area contributed by atoms with E-state index in [1.54, 1.807) is 24.8 Å². The molecule has 34 heavy (non-hydrogen) atoms. The monoisotopic (exact) mass is 517 g/mol. The largest absolute Gasteiger partial charge is 0.489 e. The zero-order valence-electron chi connectivity index (χ0n) is 19.0. The van der Waals surface area contributed by atoms with Crippen molar-refractivity contribution in [2.75, 3.05) is 11.5 Å². The van der Waals surface area contributed by atoms with Crippen LogP contribution in [0.5, 0.6) is 5.75 Å². The minimum absolute atomic E-state index is 0.220. The fraction of sp³-hybridized carbons (Fsp3) is 0.143. The normalized spacial score (nSPS) is 14.6.